The Kier molecular flexibility index (Phi) is 6.90. The summed E-state index contributed by atoms with van der Waals surface area (Å²) < 4.78 is 9.52. The molecule has 0 aliphatic rings. The quantitative estimate of drug-likeness (QED) is 0.178. The first-order valence-corrected chi connectivity index (χ1v) is 18.1. The third-order valence-electron chi connectivity index (χ3n) is 10.4. The minimum Gasteiger partial charge on any atom is -0.316 e. The van der Waals surface area contributed by atoms with Gasteiger partial charge in [0.25, 0.3) is 0 Å². The van der Waals surface area contributed by atoms with E-state index in [0.29, 0.717) is 0 Å². The molecule has 4 heteroatoms. The zero-order valence-electron chi connectivity index (χ0n) is 29.1. The topological polar surface area (TPSA) is 19.7 Å². The van der Waals surface area contributed by atoms with Crippen LogP contribution < -0.4 is 0 Å². The Morgan fingerprint density at radius 3 is 1.19 bits per heavy atom. The average molecular weight is 669 g/mol. The fraction of sp³-hybridized carbons (Fsp3) is 0.0417. The maximum Gasteiger partial charge on any atom is 0.0628 e. The molecule has 4 nitrogen and oxygen atoms in total. The van der Waals surface area contributed by atoms with Gasteiger partial charge in [-0.15, -0.1) is 0 Å². The van der Waals surface area contributed by atoms with Gasteiger partial charge in [-0.2, -0.15) is 0 Å². The number of hydrogen-bond donors (Lipinski definition) is 0. The standard InChI is InChI=1S/C46H30N4.C2H6/c1-3-12-33(13-4-1)47-28-26-31-22-24-41-43(45(31)47)37-18-7-9-20-39(37)49(41)35-16-11-17-36(30-35)50-40-21-10-8-19-38(40)44-42(50)25-23-32-27-29-48(46(32)44)34-14-5-2-6-15-34;1-2/h1-30H;1-2H3. The first-order valence-electron chi connectivity index (χ1n) is 18.1. The summed E-state index contributed by atoms with van der Waals surface area (Å²) in [5.41, 5.74) is 11.8. The van der Waals surface area contributed by atoms with Gasteiger partial charge in [-0.25, -0.2) is 0 Å². The molecule has 0 atom stereocenters. The normalized spacial score (nSPS) is 11.7. The third-order valence-corrected chi connectivity index (χ3v) is 10.4. The minimum absolute atomic E-state index is 1.13. The number of nitrogens with zero attached hydrogens (tertiary/aromatic N) is 4. The van der Waals surface area contributed by atoms with Crippen LogP contribution in [0, 0.1) is 0 Å². The summed E-state index contributed by atoms with van der Waals surface area (Å²) in [4.78, 5) is 0. The summed E-state index contributed by atoms with van der Waals surface area (Å²) in [6, 6.07) is 61.5. The van der Waals surface area contributed by atoms with E-state index in [0.717, 1.165) is 22.7 Å². The van der Waals surface area contributed by atoms with Crippen LogP contribution in [0.5, 0.6) is 0 Å². The molecule has 0 N–H and O–H groups in total. The van der Waals surface area contributed by atoms with Gasteiger partial charge in [-0.1, -0.05) is 105 Å². The SMILES string of the molecule is CC.c1ccc(-n2ccc3ccc4c(c5ccccc5n4-c4cccc(-n5c6ccccc6c6c7c(ccc65)ccn7-c5ccccc5)c4)c32)cc1. The molecular formula is C48H36N4. The van der Waals surface area contributed by atoms with E-state index in [1.54, 1.807) is 0 Å². The molecule has 0 unspecified atom stereocenters. The highest BCUT2D eigenvalue weighted by molar-refractivity contribution is 6.22. The Bertz CT molecular complexity index is 2870. The summed E-state index contributed by atoms with van der Waals surface area (Å²) in [7, 11) is 0. The van der Waals surface area contributed by atoms with Crippen molar-refractivity contribution < 1.29 is 0 Å². The highest BCUT2D eigenvalue weighted by Crippen LogP contribution is 2.41. The first-order chi connectivity index (χ1) is 25.8. The molecule has 11 aromatic rings. The van der Waals surface area contributed by atoms with Crippen molar-refractivity contribution in [1.82, 2.24) is 18.3 Å². The minimum atomic E-state index is 1.13. The summed E-state index contributed by atoms with van der Waals surface area (Å²) in [6.45, 7) is 4.00. The Morgan fingerprint density at radius 1 is 0.327 bits per heavy atom. The Balaban J connectivity index is 0.00000166. The van der Waals surface area contributed by atoms with Crippen molar-refractivity contribution in [2.45, 2.75) is 13.8 Å². The van der Waals surface area contributed by atoms with Crippen molar-refractivity contribution in [3.63, 3.8) is 0 Å². The number of para-hydroxylation sites is 4. The smallest absolute Gasteiger partial charge is 0.0628 e. The number of benzene rings is 7. The molecule has 0 amide bonds. The molecule has 0 bridgehead atoms. The van der Waals surface area contributed by atoms with Crippen LogP contribution in [0.15, 0.2) is 182 Å². The summed E-state index contributed by atoms with van der Waals surface area (Å²) in [6.07, 6.45) is 4.39. The molecular weight excluding hydrogens is 633 g/mol. The Morgan fingerprint density at radius 2 is 0.731 bits per heavy atom. The van der Waals surface area contributed by atoms with Crippen LogP contribution in [-0.4, -0.2) is 18.3 Å². The van der Waals surface area contributed by atoms with Gasteiger partial charge in [-0.3, -0.25) is 0 Å². The van der Waals surface area contributed by atoms with Crippen molar-refractivity contribution >= 4 is 65.4 Å². The molecule has 0 radical (unpaired) electrons. The van der Waals surface area contributed by atoms with Crippen LogP contribution in [0.2, 0.25) is 0 Å². The van der Waals surface area contributed by atoms with Gasteiger partial charge >= 0.3 is 0 Å². The first kappa shape index (κ1) is 30.1. The molecule has 4 heterocycles. The molecule has 248 valence electrons. The van der Waals surface area contributed by atoms with E-state index in [4.69, 9.17) is 0 Å². The van der Waals surface area contributed by atoms with E-state index >= 15 is 0 Å². The Hall–Kier alpha value is -6.78. The highest BCUT2D eigenvalue weighted by Gasteiger charge is 2.20. The largest absolute Gasteiger partial charge is 0.316 e. The van der Waals surface area contributed by atoms with Gasteiger partial charge in [0.1, 0.15) is 0 Å². The van der Waals surface area contributed by atoms with E-state index < -0.39 is 0 Å². The highest BCUT2D eigenvalue weighted by atomic mass is 15.0. The molecule has 4 aromatic heterocycles. The van der Waals surface area contributed by atoms with Crippen molar-refractivity contribution in [2.24, 2.45) is 0 Å². The maximum absolute atomic E-state index is 2.43. The molecule has 7 aromatic carbocycles. The van der Waals surface area contributed by atoms with Crippen molar-refractivity contribution in [3.8, 4) is 22.7 Å². The second kappa shape index (κ2) is 11.9. The lowest BCUT2D eigenvalue weighted by Crippen LogP contribution is -1.99. The summed E-state index contributed by atoms with van der Waals surface area (Å²) in [5.74, 6) is 0. The Labute approximate surface area is 301 Å². The van der Waals surface area contributed by atoms with Crippen LogP contribution in [0.4, 0.5) is 0 Å². The lowest BCUT2D eigenvalue weighted by Gasteiger charge is -2.13. The van der Waals surface area contributed by atoms with Crippen molar-refractivity contribution in [3.05, 3.63) is 182 Å². The molecule has 0 aliphatic carbocycles. The number of rotatable bonds is 4. The van der Waals surface area contributed by atoms with Gasteiger partial charge < -0.3 is 18.3 Å². The van der Waals surface area contributed by atoms with Gasteiger partial charge in [0.15, 0.2) is 0 Å². The predicted molar refractivity (Wildman–Crippen MR) is 220 cm³/mol. The third kappa shape index (κ3) is 4.34. The zero-order valence-corrected chi connectivity index (χ0v) is 29.1. The van der Waals surface area contributed by atoms with E-state index in [2.05, 4.69) is 201 Å². The second-order valence-corrected chi connectivity index (χ2v) is 13.1. The van der Waals surface area contributed by atoms with Crippen LogP contribution in [0.1, 0.15) is 13.8 Å². The average Bonchev–Trinajstić information content (AvgIpc) is 4.00. The van der Waals surface area contributed by atoms with Gasteiger partial charge in [0.05, 0.1) is 33.1 Å². The molecule has 0 saturated heterocycles. The van der Waals surface area contributed by atoms with Crippen LogP contribution >= 0.6 is 0 Å². The monoisotopic (exact) mass is 668 g/mol. The number of fused-ring (bicyclic) bond motifs is 10. The zero-order chi connectivity index (χ0) is 34.8. The molecule has 0 aliphatic heterocycles. The maximum atomic E-state index is 2.43. The lowest BCUT2D eigenvalue weighted by atomic mass is 10.1. The van der Waals surface area contributed by atoms with Crippen molar-refractivity contribution in [2.75, 3.05) is 0 Å². The summed E-state index contributed by atoms with van der Waals surface area (Å²) >= 11 is 0. The fourth-order valence-electron chi connectivity index (χ4n) is 8.30. The molecule has 0 spiro atoms. The van der Waals surface area contributed by atoms with E-state index in [-0.39, 0.29) is 0 Å². The number of hydrogen-bond acceptors (Lipinski definition) is 0. The number of aromatic nitrogens is 4. The van der Waals surface area contributed by atoms with Crippen LogP contribution in [0.25, 0.3) is 88.2 Å². The van der Waals surface area contributed by atoms with Gasteiger partial charge in [-0.05, 0) is 78.9 Å². The predicted octanol–water partition coefficient (Wildman–Crippen LogP) is 12.8. The van der Waals surface area contributed by atoms with E-state index in [9.17, 15) is 0 Å². The molecule has 0 fully saturated rings. The molecule has 52 heavy (non-hydrogen) atoms. The second-order valence-electron chi connectivity index (χ2n) is 13.1. The fourth-order valence-corrected chi connectivity index (χ4v) is 8.30. The van der Waals surface area contributed by atoms with E-state index in [1.165, 1.54) is 65.4 Å². The van der Waals surface area contributed by atoms with Gasteiger partial charge in [0, 0.05) is 67.5 Å². The van der Waals surface area contributed by atoms with E-state index in [1.807, 2.05) is 13.8 Å². The molecule has 0 saturated carbocycles. The lowest BCUT2D eigenvalue weighted by molar-refractivity contribution is 1.13. The van der Waals surface area contributed by atoms with Crippen LogP contribution in [-0.2, 0) is 0 Å². The summed E-state index contributed by atoms with van der Waals surface area (Å²) in [5, 5.41) is 7.48. The van der Waals surface area contributed by atoms with Gasteiger partial charge in [0.2, 0.25) is 0 Å². The molecule has 11 rings (SSSR count). The van der Waals surface area contributed by atoms with Crippen LogP contribution in [0.3, 0.4) is 0 Å². The van der Waals surface area contributed by atoms with Crippen molar-refractivity contribution in [1.29, 1.82) is 0 Å².